The predicted octanol–water partition coefficient (Wildman–Crippen LogP) is 1.70. The molecule has 76 valence electrons. The minimum atomic E-state index is 0.251. The number of nitrogens with zero attached hydrogens (tertiary/aromatic N) is 1. The maximum atomic E-state index is 6.06. The fraction of sp³-hybridized carbons (Fsp3) is 0.455. The summed E-state index contributed by atoms with van der Waals surface area (Å²) in [4.78, 5) is 2.27. The van der Waals surface area contributed by atoms with E-state index >= 15 is 0 Å². The first kappa shape index (κ1) is 9.97. The maximum Gasteiger partial charge on any atom is 0.0406 e. The van der Waals surface area contributed by atoms with Gasteiger partial charge in [-0.1, -0.05) is 23.7 Å². The van der Waals surface area contributed by atoms with E-state index in [2.05, 4.69) is 24.1 Å². The molecule has 1 fully saturated rings. The van der Waals surface area contributed by atoms with Crippen LogP contribution < -0.4 is 5.73 Å². The highest BCUT2D eigenvalue weighted by Crippen LogP contribution is 2.26. The molecular formula is C11H15ClN2. The highest BCUT2D eigenvalue weighted by atomic mass is 35.5. The lowest BCUT2D eigenvalue weighted by atomic mass is 9.95. The van der Waals surface area contributed by atoms with E-state index in [1.807, 2.05) is 12.1 Å². The second-order valence-electron chi connectivity index (χ2n) is 4.04. The van der Waals surface area contributed by atoms with E-state index in [1.54, 1.807) is 0 Å². The van der Waals surface area contributed by atoms with Crippen molar-refractivity contribution in [1.82, 2.24) is 4.90 Å². The van der Waals surface area contributed by atoms with Crippen LogP contribution in [-0.4, -0.2) is 31.1 Å². The normalized spacial score (nSPS) is 28.2. The standard InChI is InChI=1S/C11H15ClN2/c1-14-6-10(11(13)7-14)8-2-4-9(12)5-3-8/h2-5,10-11H,6-7,13H2,1H3/t10-,11+/m1/s1. The van der Waals surface area contributed by atoms with Gasteiger partial charge in [0.1, 0.15) is 0 Å². The Bertz CT molecular complexity index is 310. The summed E-state index contributed by atoms with van der Waals surface area (Å²) in [6.45, 7) is 2.02. The lowest BCUT2D eigenvalue weighted by Crippen LogP contribution is -2.27. The molecule has 0 spiro atoms. The van der Waals surface area contributed by atoms with Gasteiger partial charge < -0.3 is 10.6 Å². The third-order valence-corrected chi connectivity index (χ3v) is 3.10. The molecule has 1 aromatic carbocycles. The quantitative estimate of drug-likeness (QED) is 0.765. The van der Waals surface area contributed by atoms with Crippen LogP contribution in [0.1, 0.15) is 11.5 Å². The van der Waals surface area contributed by atoms with Gasteiger partial charge >= 0.3 is 0 Å². The first-order valence-electron chi connectivity index (χ1n) is 4.86. The highest BCUT2D eigenvalue weighted by molar-refractivity contribution is 6.30. The van der Waals surface area contributed by atoms with Crippen LogP contribution in [0.15, 0.2) is 24.3 Å². The van der Waals surface area contributed by atoms with Crippen LogP contribution in [0.4, 0.5) is 0 Å². The number of halogens is 1. The van der Waals surface area contributed by atoms with E-state index < -0.39 is 0 Å². The SMILES string of the molecule is CN1C[C@H](c2ccc(Cl)cc2)[C@@H](N)C1. The molecule has 2 nitrogen and oxygen atoms in total. The zero-order chi connectivity index (χ0) is 10.1. The number of likely N-dealkylation sites (N-methyl/N-ethyl adjacent to an activating group) is 1. The molecule has 0 unspecified atom stereocenters. The fourth-order valence-corrected chi connectivity index (χ4v) is 2.22. The highest BCUT2D eigenvalue weighted by Gasteiger charge is 2.28. The number of nitrogens with two attached hydrogens (primary N) is 1. The van der Waals surface area contributed by atoms with Crippen LogP contribution in [0.3, 0.4) is 0 Å². The number of hydrogen-bond acceptors (Lipinski definition) is 2. The van der Waals surface area contributed by atoms with Gasteiger partial charge in [0, 0.05) is 30.1 Å². The Balaban J connectivity index is 2.19. The summed E-state index contributed by atoms with van der Waals surface area (Å²) in [5, 5.41) is 0.786. The molecular weight excluding hydrogens is 196 g/mol. The van der Waals surface area contributed by atoms with Gasteiger partial charge in [-0.05, 0) is 24.7 Å². The molecule has 2 atom stereocenters. The molecule has 1 aliphatic rings. The van der Waals surface area contributed by atoms with Gasteiger partial charge in [0.2, 0.25) is 0 Å². The second-order valence-corrected chi connectivity index (χ2v) is 4.48. The van der Waals surface area contributed by atoms with Crippen molar-refractivity contribution >= 4 is 11.6 Å². The van der Waals surface area contributed by atoms with Gasteiger partial charge in [0.05, 0.1) is 0 Å². The molecule has 1 aliphatic heterocycles. The zero-order valence-electron chi connectivity index (χ0n) is 8.28. The molecule has 1 saturated heterocycles. The topological polar surface area (TPSA) is 29.3 Å². The van der Waals surface area contributed by atoms with Crippen molar-refractivity contribution in [3.63, 3.8) is 0 Å². The molecule has 14 heavy (non-hydrogen) atoms. The molecule has 0 saturated carbocycles. The van der Waals surface area contributed by atoms with Crippen LogP contribution in [0.25, 0.3) is 0 Å². The van der Waals surface area contributed by atoms with Crippen molar-refractivity contribution in [3.05, 3.63) is 34.9 Å². The molecule has 0 aliphatic carbocycles. The van der Waals surface area contributed by atoms with E-state index in [4.69, 9.17) is 17.3 Å². The van der Waals surface area contributed by atoms with Gasteiger partial charge in [-0.3, -0.25) is 0 Å². The van der Waals surface area contributed by atoms with Crippen molar-refractivity contribution in [1.29, 1.82) is 0 Å². The van der Waals surface area contributed by atoms with Gasteiger partial charge in [-0.15, -0.1) is 0 Å². The molecule has 3 heteroatoms. The van der Waals surface area contributed by atoms with E-state index in [-0.39, 0.29) is 6.04 Å². The van der Waals surface area contributed by atoms with Crippen LogP contribution in [0.5, 0.6) is 0 Å². The molecule has 1 aromatic rings. The summed E-state index contributed by atoms with van der Waals surface area (Å²) >= 11 is 5.84. The Morgan fingerprint density at radius 2 is 1.93 bits per heavy atom. The van der Waals surface area contributed by atoms with Gasteiger partial charge in [-0.2, -0.15) is 0 Å². The van der Waals surface area contributed by atoms with Gasteiger partial charge in [0.25, 0.3) is 0 Å². The average molecular weight is 211 g/mol. The third-order valence-electron chi connectivity index (χ3n) is 2.85. The van der Waals surface area contributed by atoms with E-state index in [0.29, 0.717) is 5.92 Å². The third kappa shape index (κ3) is 1.92. The lowest BCUT2D eigenvalue weighted by molar-refractivity contribution is 0.407. The van der Waals surface area contributed by atoms with E-state index in [9.17, 15) is 0 Å². The molecule has 2 N–H and O–H groups in total. The van der Waals surface area contributed by atoms with Crippen LogP contribution in [0, 0.1) is 0 Å². The summed E-state index contributed by atoms with van der Waals surface area (Å²) in [6, 6.07) is 8.27. The van der Waals surface area contributed by atoms with Crippen molar-refractivity contribution in [3.8, 4) is 0 Å². The minimum absolute atomic E-state index is 0.251. The van der Waals surface area contributed by atoms with Crippen LogP contribution in [0.2, 0.25) is 5.02 Å². The Morgan fingerprint density at radius 1 is 1.29 bits per heavy atom. The van der Waals surface area contributed by atoms with Crippen LogP contribution in [-0.2, 0) is 0 Å². The number of rotatable bonds is 1. The summed E-state index contributed by atoms with van der Waals surface area (Å²) in [7, 11) is 2.11. The number of hydrogen-bond donors (Lipinski definition) is 1. The largest absolute Gasteiger partial charge is 0.326 e. The Hall–Kier alpha value is -0.570. The van der Waals surface area contributed by atoms with Crippen molar-refractivity contribution in [2.24, 2.45) is 5.73 Å². The molecule has 1 heterocycles. The summed E-state index contributed by atoms with van der Waals surface area (Å²) < 4.78 is 0. The predicted molar refractivity (Wildman–Crippen MR) is 59.7 cm³/mol. The minimum Gasteiger partial charge on any atom is -0.326 e. The van der Waals surface area contributed by atoms with Crippen molar-refractivity contribution in [2.45, 2.75) is 12.0 Å². The molecule has 0 aromatic heterocycles. The van der Waals surface area contributed by atoms with Gasteiger partial charge in [-0.25, -0.2) is 0 Å². The van der Waals surface area contributed by atoms with E-state index in [0.717, 1.165) is 18.1 Å². The Morgan fingerprint density at radius 3 is 2.43 bits per heavy atom. The summed E-state index contributed by atoms with van der Waals surface area (Å²) in [5.41, 5.74) is 7.36. The van der Waals surface area contributed by atoms with Crippen LogP contribution >= 0.6 is 11.6 Å². The molecule has 0 bridgehead atoms. The lowest BCUT2D eigenvalue weighted by Gasteiger charge is -2.14. The average Bonchev–Trinajstić information content (AvgIpc) is 2.47. The zero-order valence-corrected chi connectivity index (χ0v) is 9.04. The molecule has 0 radical (unpaired) electrons. The summed E-state index contributed by atoms with van der Waals surface area (Å²) in [6.07, 6.45) is 0. The second kappa shape index (κ2) is 3.89. The van der Waals surface area contributed by atoms with Gasteiger partial charge in [0.15, 0.2) is 0 Å². The summed E-state index contributed by atoms with van der Waals surface area (Å²) in [5.74, 6) is 0.456. The molecule has 2 rings (SSSR count). The number of likely N-dealkylation sites (tertiary alicyclic amines) is 1. The first-order valence-corrected chi connectivity index (χ1v) is 5.24. The first-order chi connectivity index (χ1) is 6.66. The molecule has 0 amide bonds. The van der Waals surface area contributed by atoms with Crippen molar-refractivity contribution < 1.29 is 0 Å². The maximum absolute atomic E-state index is 6.06. The smallest absolute Gasteiger partial charge is 0.0406 e. The monoisotopic (exact) mass is 210 g/mol. The van der Waals surface area contributed by atoms with Crippen molar-refractivity contribution in [2.75, 3.05) is 20.1 Å². The Labute approximate surface area is 89.7 Å². The van der Waals surface area contributed by atoms with E-state index in [1.165, 1.54) is 5.56 Å². The Kier molecular flexibility index (Phi) is 2.77. The fourth-order valence-electron chi connectivity index (χ4n) is 2.10. The number of benzene rings is 1.